The average molecular weight is 401 g/mol. The van der Waals surface area contributed by atoms with E-state index in [0.717, 1.165) is 11.3 Å². The van der Waals surface area contributed by atoms with E-state index >= 15 is 0 Å². The zero-order valence-electron chi connectivity index (χ0n) is 17.1. The first-order chi connectivity index (χ1) is 14.0. The van der Waals surface area contributed by atoms with Gasteiger partial charge in [0.15, 0.2) is 0 Å². The molecule has 29 heavy (non-hydrogen) atoms. The third-order valence-corrected chi connectivity index (χ3v) is 4.82. The van der Waals surface area contributed by atoms with Crippen LogP contribution in [0.1, 0.15) is 30.7 Å². The van der Waals surface area contributed by atoms with Gasteiger partial charge >= 0.3 is 0 Å². The lowest BCUT2D eigenvalue weighted by atomic mass is 10.1. The SMILES string of the molecule is CCOc1ccccc1CN1CCNC(=O)[C@H]1CC(=O)N(C)Cc1nnc(C)o1. The Labute approximate surface area is 170 Å². The van der Waals surface area contributed by atoms with E-state index < -0.39 is 6.04 Å². The predicted octanol–water partition coefficient (Wildman–Crippen LogP) is 1.13. The van der Waals surface area contributed by atoms with Crippen molar-refractivity contribution in [2.75, 3.05) is 26.7 Å². The Bertz CT molecular complexity index is 853. The Morgan fingerprint density at radius 3 is 2.90 bits per heavy atom. The van der Waals surface area contributed by atoms with Crippen molar-refractivity contribution < 1.29 is 18.7 Å². The van der Waals surface area contributed by atoms with Crippen LogP contribution in [0.4, 0.5) is 0 Å². The number of para-hydroxylation sites is 1. The summed E-state index contributed by atoms with van der Waals surface area (Å²) in [6, 6.07) is 7.23. The van der Waals surface area contributed by atoms with Crippen LogP contribution in [0.25, 0.3) is 0 Å². The van der Waals surface area contributed by atoms with E-state index in [1.807, 2.05) is 36.1 Å². The van der Waals surface area contributed by atoms with Crippen LogP contribution >= 0.6 is 0 Å². The number of hydrogen-bond acceptors (Lipinski definition) is 7. The fourth-order valence-electron chi connectivity index (χ4n) is 3.34. The molecule has 0 saturated carbocycles. The van der Waals surface area contributed by atoms with Crippen LogP contribution in [0.15, 0.2) is 28.7 Å². The van der Waals surface area contributed by atoms with Gasteiger partial charge in [0.1, 0.15) is 5.75 Å². The van der Waals surface area contributed by atoms with Gasteiger partial charge in [0, 0.05) is 39.2 Å². The van der Waals surface area contributed by atoms with Gasteiger partial charge in [-0.2, -0.15) is 0 Å². The molecule has 9 nitrogen and oxygen atoms in total. The molecule has 0 unspecified atom stereocenters. The molecule has 2 amide bonds. The van der Waals surface area contributed by atoms with Gasteiger partial charge in [-0.3, -0.25) is 14.5 Å². The Balaban J connectivity index is 1.68. The Hall–Kier alpha value is -2.94. The molecule has 1 N–H and O–H groups in total. The number of carbonyl (C=O) groups excluding carboxylic acids is 2. The summed E-state index contributed by atoms with van der Waals surface area (Å²) in [5, 5.41) is 10.5. The summed E-state index contributed by atoms with van der Waals surface area (Å²) in [6.07, 6.45) is 0.0756. The van der Waals surface area contributed by atoms with Gasteiger partial charge in [-0.05, 0) is 13.0 Å². The number of nitrogens with zero attached hydrogens (tertiary/aromatic N) is 4. The van der Waals surface area contributed by atoms with Gasteiger partial charge in [0.2, 0.25) is 23.6 Å². The lowest BCUT2D eigenvalue weighted by Gasteiger charge is -2.35. The van der Waals surface area contributed by atoms with Gasteiger partial charge in [-0.15, -0.1) is 10.2 Å². The van der Waals surface area contributed by atoms with Gasteiger partial charge in [0.25, 0.3) is 0 Å². The number of aromatic nitrogens is 2. The molecule has 1 fully saturated rings. The second-order valence-corrected chi connectivity index (χ2v) is 6.99. The third-order valence-electron chi connectivity index (χ3n) is 4.82. The molecule has 1 aliphatic heterocycles. The van der Waals surface area contributed by atoms with Gasteiger partial charge < -0.3 is 19.4 Å². The highest BCUT2D eigenvalue weighted by Gasteiger charge is 2.33. The number of rotatable bonds is 8. The summed E-state index contributed by atoms with van der Waals surface area (Å²) in [6.45, 7) is 6.17. The number of benzene rings is 1. The highest BCUT2D eigenvalue weighted by Crippen LogP contribution is 2.22. The van der Waals surface area contributed by atoms with Crippen LogP contribution in [0, 0.1) is 6.92 Å². The first-order valence-electron chi connectivity index (χ1n) is 9.73. The number of aryl methyl sites for hydroxylation is 1. The van der Waals surface area contributed by atoms with E-state index in [4.69, 9.17) is 9.15 Å². The highest BCUT2D eigenvalue weighted by atomic mass is 16.5. The van der Waals surface area contributed by atoms with E-state index in [-0.39, 0.29) is 24.8 Å². The maximum absolute atomic E-state index is 12.7. The lowest BCUT2D eigenvalue weighted by Crippen LogP contribution is -2.56. The van der Waals surface area contributed by atoms with Gasteiger partial charge in [-0.1, -0.05) is 18.2 Å². The Morgan fingerprint density at radius 2 is 2.17 bits per heavy atom. The maximum Gasteiger partial charge on any atom is 0.237 e. The number of carbonyl (C=O) groups is 2. The molecule has 156 valence electrons. The lowest BCUT2D eigenvalue weighted by molar-refractivity contribution is -0.138. The molecule has 3 rings (SSSR count). The molecular formula is C20H27N5O4. The monoisotopic (exact) mass is 401 g/mol. The summed E-state index contributed by atoms with van der Waals surface area (Å²) >= 11 is 0. The molecule has 1 saturated heterocycles. The normalized spacial score (nSPS) is 17.1. The van der Waals surface area contributed by atoms with Gasteiger partial charge in [0.05, 0.1) is 25.6 Å². The van der Waals surface area contributed by atoms with Crippen LogP contribution in [0.3, 0.4) is 0 Å². The zero-order chi connectivity index (χ0) is 20.8. The smallest absolute Gasteiger partial charge is 0.237 e. The number of piperazine rings is 1. The summed E-state index contributed by atoms with van der Waals surface area (Å²) in [5.74, 6) is 1.32. The largest absolute Gasteiger partial charge is 0.494 e. The Morgan fingerprint density at radius 1 is 1.38 bits per heavy atom. The minimum atomic E-state index is -0.544. The molecule has 1 atom stereocenters. The fourth-order valence-corrected chi connectivity index (χ4v) is 3.34. The van der Waals surface area contributed by atoms with E-state index in [0.29, 0.717) is 38.0 Å². The molecule has 2 heterocycles. The first-order valence-corrected chi connectivity index (χ1v) is 9.73. The van der Waals surface area contributed by atoms with E-state index in [1.165, 1.54) is 4.90 Å². The quantitative estimate of drug-likeness (QED) is 0.707. The van der Waals surface area contributed by atoms with Crippen LogP contribution < -0.4 is 10.1 Å². The summed E-state index contributed by atoms with van der Waals surface area (Å²) in [5.41, 5.74) is 0.996. The van der Waals surface area contributed by atoms with Crippen molar-refractivity contribution in [2.45, 2.75) is 39.4 Å². The van der Waals surface area contributed by atoms with E-state index in [9.17, 15) is 9.59 Å². The van der Waals surface area contributed by atoms with Crippen molar-refractivity contribution in [3.63, 3.8) is 0 Å². The molecule has 0 bridgehead atoms. The average Bonchev–Trinajstić information content (AvgIpc) is 3.10. The predicted molar refractivity (Wildman–Crippen MR) is 105 cm³/mol. The second kappa shape index (κ2) is 9.51. The summed E-state index contributed by atoms with van der Waals surface area (Å²) in [7, 11) is 1.66. The van der Waals surface area contributed by atoms with E-state index in [1.54, 1.807) is 14.0 Å². The van der Waals surface area contributed by atoms with Crippen molar-refractivity contribution in [3.05, 3.63) is 41.6 Å². The third kappa shape index (κ3) is 5.32. The number of nitrogens with one attached hydrogen (secondary N) is 1. The zero-order valence-corrected chi connectivity index (χ0v) is 17.1. The summed E-state index contributed by atoms with van der Waals surface area (Å²) < 4.78 is 11.0. The maximum atomic E-state index is 12.7. The molecule has 1 aromatic carbocycles. The van der Waals surface area contributed by atoms with Crippen LogP contribution in [0.5, 0.6) is 5.75 Å². The van der Waals surface area contributed by atoms with Gasteiger partial charge in [-0.25, -0.2) is 0 Å². The number of ether oxygens (including phenoxy) is 1. The summed E-state index contributed by atoms with van der Waals surface area (Å²) in [4.78, 5) is 28.8. The Kier molecular flexibility index (Phi) is 6.82. The molecule has 1 aliphatic rings. The highest BCUT2D eigenvalue weighted by molar-refractivity contribution is 5.88. The second-order valence-electron chi connectivity index (χ2n) is 6.99. The minimum Gasteiger partial charge on any atom is -0.494 e. The van der Waals surface area contributed by atoms with Crippen LogP contribution in [-0.4, -0.2) is 64.6 Å². The standard InChI is InChI=1S/C20H27N5O4/c1-4-28-17-8-6-5-7-15(17)12-25-10-9-21-20(27)16(25)11-19(26)24(3)13-18-23-22-14(2)29-18/h5-8,16H,4,9-13H2,1-3H3,(H,21,27)/t16-/m1/s1. The topological polar surface area (TPSA) is 101 Å². The van der Waals surface area contributed by atoms with Crippen molar-refractivity contribution >= 4 is 11.8 Å². The molecule has 9 heteroatoms. The van der Waals surface area contributed by atoms with Crippen molar-refractivity contribution in [1.82, 2.24) is 25.3 Å². The molecule has 0 spiro atoms. The van der Waals surface area contributed by atoms with Crippen molar-refractivity contribution in [2.24, 2.45) is 0 Å². The van der Waals surface area contributed by atoms with Crippen LogP contribution in [0.2, 0.25) is 0 Å². The van der Waals surface area contributed by atoms with E-state index in [2.05, 4.69) is 15.5 Å². The van der Waals surface area contributed by atoms with Crippen molar-refractivity contribution in [3.8, 4) is 5.75 Å². The fraction of sp³-hybridized carbons (Fsp3) is 0.500. The van der Waals surface area contributed by atoms with Crippen molar-refractivity contribution in [1.29, 1.82) is 0 Å². The minimum absolute atomic E-state index is 0.0756. The number of amides is 2. The molecule has 2 aromatic rings. The number of hydrogen-bond donors (Lipinski definition) is 1. The molecular weight excluding hydrogens is 374 g/mol. The van der Waals surface area contributed by atoms with Crippen LogP contribution in [-0.2, 0) is 22.7 Å². The molecule has 1 aromatic heterocycles. The molecule has 0 aliphatic carbocycles. The first kappa shape index (κ1) is 20.8. The molecule has 0 radical (unpaired) electrons.